The third kappa shape index (κ3) is 4.48. The summed E-state index contributed by atoms with van der Waals surface area (Å²) < 4.78 is 31.3. The van der Waals surface area contributed by atoms with Gasteiger partial charge in [0.2, 0.25) is 10.0 Å². The van der Waals surface area contributed by atoms with Crippen molar-refractivity contribution in [3.05, 3.63) is 30.1 Å². The SMILES string of the molecule is O=C(O)CC1COCCN1S(=O)(=O)CCc1ccncc1. The number of morpholine rings is 1. The van der Waals surface area contributed by atoms with E-state index in [4.69, 9.17) is 9.84 Å². The summed E-state index contributed by atoms with van der Waals surface area (Å²) in [6.07, 6.45) is 3.37. The number of sulfonamides is 1. The molecule has 1 aliphatic rings. The molecule has 0 amide bonds. The maximum absolute atomic E-state index is 12.4. The molecular weight excluding hydrogens is 296 g/mol. The lowest BCUT2D eigenvalue weighted by Crippen LogP contribution is -2.50. The average molecular weight is 314 g/mol. The van der Waals surface area contributed by atoms with Gasteiger partial charge in [0.1, 0.15) is 0 Å². The number of carboxylic acids is 1. The number of hydrogen-bond donors (Lipinski definition) is 1. The molecule has 116 valence electrons. The topological polar surface area (TPSA) is 96.8 Å². The first-order valence-electron chi connectivity index (χ1n) is 6.67. The van der Waals surface area contributed by atoms with E-state index in [2.05, 4.69) is 4.98 Å². The van der Waals surface area contributed by atoms with Gasteiger partial charge in [-0.1, -0.05) is 0 Å². The molecule has 1 aliphatic heterocycles. The first kappa shape index (κ1) is 15.9. The van der Waals surface area contributed by atoms with Crippen molar-refractivity contribution < 1.29 is 23.1 Å². The zero-order valence-corrected chi connectivity index (χ0v) is 12.3. The minimum absolute atomic E-state index is 0.0485. The fourth-order valence-corrected chi connectivity index (χ4v) is 3.95. The van der Waals surface area contributed by atoms with Gasteiger partial charge in [-0.15, -0.1) is 0 Å². The summed E-state index contributed by atoms with van der Waals surface area (Å²) >= 11 is 0. The molecule has 1 fully saturated rings. The number of pyridine rings is 1. The number of aliphatic carboxylic acids is 1. The van der Waals surface area contributed by atoms with Gasteiger partial charge in [-0.3, -0.25) is 9.78 Å². The number of carboxylic acid groups (broad SMARTS) is 1. The third-order valence-corrected chi connectivity index (χ3v) is 5.25. The van der Waals surface area contributed by atoms with E-state index < -0.39 is 22.0 Å². The van der Waals surface area contributed by atoms with Crippen molar-refractivity contribution in [3.8, 4) is 0 Å². The predicted octanol–water partition coefficient (Wildman–Crippen LogP) is 0.129. The van der Waals surface area contributed by atoms with Crippen LogP contribution in [0.1, 0.15) is 12.0 Å². The Morgan fingerprint density at radius 3 is 2.81 bits per heavy atom. The van der Waals surface area contributed by atoms with Crippen LogP contribution in [0.4, 0.5) is 0 Å². The zero-order valence-electron chi connectivity index (χ0n) is 11.5. The van der Waals surface area contributed by atoms with Crippen molar-refractivity contribution in [2.75, 3.05) is 25.5 Å². The van der Waals surface area contributed by atoms with Crippen molar-refractivity contribution >= 4 is 16.0 Å². The van der Waals surface area contributed by atoms with Crippen molar-refractivity contribution in [1.29, 1.82) is 0 Å². The van der Waals surface area contributed by atoms with Crippen LogP contribution >= 0.6 is 0 Å². The Morgan fingerprint density at radius 1 is 1.43 bits per heavy atom. The van der Waals surface area contributed by atoms with Gasteiger partial charge in [0.05, 0.1) is 31.4 Å². The summed E-state index contributed by atoms with van der Waals surface area (Å²) in [6, 6.07) is 2.91. The molecule has 0 aromatic carbocycles. The Hall–Kier alpha value is -1.51. The van der Waals surface area contributed by atoms with Crippen molar-refractivity contribution in [1.82, 2.24) is 9.29 Å². The van der Waals surface area contributed by atoms with E-state index in [1.165, 1.54) is 4.31 Å². The number of ether oxygens (including phenoxy) is 1. The minimum Gasteiger partial charge on any atom is -0.481 e. The molecule has 1 unspecified atom stereocenters. The van der Waals surface area contributed by atoms with Gasteiger partial charge in [0.25, 0.3) is 0 Å². The zero-order chi connectivity index (χ0) is 15.3. The standard InChI is InChI=1S/C13H18N2O5S/c16-13(17)9-12-10-20-7-6-15(12)21(18,19)8-3-11-1-4-14-5-2-11/h1-2,4-5,12H,3,6-10H2,(H,16,17). The van der Waals surface area contributed by atoms with Crippen LogP contribution < -0.4 is 0 Å². The van der Waals surface area contributed by atoms with Gasteiger partial charge < -0.3 is 9.84 Å². The summed E-state index contributed by atoms with van der Waals surface area (Å²) in [5.74, 6) is -1.08. The molecule has 0 bridgehead atoms. The Morgan fingerprint density at radius 2 is 2.14 bits per heavy atom. The molecule has 1 aromatic rings. The summed E-state index contributed by atoms with van der Waals surface area (Å²) in [5, 5.41) is 8.87. The monoisotopic (exact) mass is 314 g/mol. The van der Waals surface area contributed by atoms with Gasteiger partial charge in [-0.2, -0.15) is 4.31 Å². The van der Waals surface area contributed by atoms with Crippen LogP contribution in [-0.2, 0) is 26.0 Å². The van der Waals surface area contributed by atoms with E-state index in [0.717, 1.165) is 5.56 Å². The Bertz CT molecular complexity index is 575. The fourth-order valence-electron chi connectivity index (χ4n) is 2.28. The number of rotatable bonds is 6. The molecular formula is C13H18N2O5S. The fraction of sp³-hybridized carbons (Fsp3) is 0.538. The lowest BCUT2D eigenvalue weighted by atomic mass is 10.2. The molecule has 21 heavy (non-hydrogen) atoms. The molecule has 1 atom stereocenters. The van der Waals surface area contributed by atoms with Crippen LogP contribution in [-0.4, -0.2) is 60.3 Å². The lowest BCUT2D eigenvalue weighted by Gasteiger charge is -2.33. The molecule has 1 N–H and O–H groups in total. The van der Waals surface area contributed by atoms with Gasteiger partial charge >= 0.3 is 5.97 Å². The minimum atomic E-state index is -3.51. The molecule has 1 saturated heterocycles. The molecule has 2 rings (SSSR count). The van der Waals surface area contributed by atoms with E-state index >= 15 is 0 Å². The summed E-state index contributed by atoms with van der Waals surface area (Å²) in [4.78, 5) is 14.7. The quantitative estimate of drug-likeness (QED) is 0.801. The Kier molecular flexibility index (Phi) is 5.27. The molecule has 2 heterocycles. The second-order valence-electron chi connectivity index (χ2n) is 4.86. The summed E-state index contributed by atoms with van der Waals surface area (Å²) in [7, 11) is -3.51. The van der Waals surface area contributed by atoms with E-state index in [1.54, 1.807) is 24.5 Å². The lowest BCUT2D eigenvalue weighted by molar-refractivity contribution is -0.139. The highest BCUT2D eigenvalue weighted by Gasteiger charge is 2.33. The summed E-state index contributed by atoms with van der Waals surface area (Å²) in [5.41, 5.74) is 0.886. The first-order valence-corrected chi connectivity index (χ1v) is 8.28. The number of aryl methyl sites for hydroxylation is 1. The van der Waals surface area contributed by atoms with Crippen LogP contribution in [0.3, 0.4) is 0 Å². The van der Waals surface area contributed by atoms with Crippen molar-refractivity contribution in [2.45, 2.75) is 18.9 Å². The first-order chi connectivity index (χ1) is 9.99. The van der Waals surface area contributed by atoms with Gasteiger partial charge in [0, 0.05) is 18.9 Å². The summed E-state index contributed by atoms with van der Waals surface area (Å²) in [6.45, 7) is 0.627. The number of hydrogen-bond acceptors (Lipinski definition) is 5. The molecule has 1 aromatic heterocycles. The number of nitrogens with zero attached hydrogens (tertiary/aromatic N) is 2. The molecule has 8 heteroatoms. The molecule has 7 nitrogen and oxygen atoms in total. The smallest absolute Gasteiger partial charge is 0.305 e. The normalized spacial score (nSPS) is 20.3. The van der Waals surface area contributed by atoms with E-state index in [-0.39, 0.29) is 25.3 Å². The molecule has 0 saturated carbocycles. The van der Waals surface area contributed by atoms with Crippen LogP contribution in [0.25, 0.3) is 0 Å². The van der Waals surface area contributed by atoms with E-state index in [0.29, 0.717) is 13.0 Å². The maximum atomic E-state index is 12.4. The second kappa shape index (κ2) is 6.97. The highest BCUT2D eigenvalue weighted by atomic mass is 32.2. The molecule has 0 spiro atoms. The largest absolute Gasteiger partial charge is 0.481 e. The second-order valence-corrected chi connectivity index (χ2v) is 6.90. The average Bonchev–Trinajstić information content (AvgIpc) is 2.46. The van der Waals surface area contributed by atoms with E-state index in [1.807, 2.05) is 0 Å². The third-order valence-electron chi connectivity index (χ3n) is 3.34. The highest BCUT2D eigenvalue weighted by molar-refractivity contribution is 7.89. The van der Waals surface area contributed by atoms with Gasteiger partial charge in [-0.25, -0.2) is 8.42 Å². The van der Waals surface area contributed by atoms with Crippen LogP contribution in [0, 0.1) is 0 Å². The molecule has 0 radical (unpaired) electrons. The molecule has 0 aliphatic carbocycles. The highest BCUT2D eigenvalue weighted by Crippen LogP contribution is 2.17. The van der Waals surface area contributed by atoms with Crippen LogP contribution in [0.15, 0.2) is 24.5 Å². The van der Waals surface area contributed by atoms with Crippen LogP contribution in [0.5, 0.6) is 0 Å². The number of aromatic nitrogens is 1. The Balaban J connectivity index is 2.04. The van der Waals surface area contributed by atoms with Gasteiger partial charge in [-0.05, 0) is 24.1 Å². The van der Waals surface area contributed by atoms with Crippen LogP contribution in [0.2, 0.25) is 0 Å². The number of carbonyl (C=O) groups is 1. The van der Waals surface area contributed by atoms with E-state index in [9.17, 15) is 13.2 Å². The predicted molar refractivity (Wildman–Crippen MR) is 75.3 cm³/mol. The van der Waals surface area contributed by atoms with Crippen molar-refractivity contribution in [2.24, 2.45) is 0 Å². The van der Waals surface area contributed by atoms with Gasteiger partial charge in [0.15, 0.2) is 0 Å². The Labute approximate surface area is 123 Å². The maximum Gasteiger partial charge on any atom is 0.305 e. The van der Waals surface area contributed by atoms with Crippen molar-refractivity contribution in [3.63, 3.8) is 0 Å².